The van der Waals surface area contributed by atoms with Gasteiger partial charge in [-0.3, -0.25) is 4.90 Å². The van der Waals surface area contributed by atoms with Crippen LogP contribution >= 0.6 is 0 Å². The summed E-state index contributed by atoms with van der Waals surface area (Å²) in [7, 11) is 4.34. The zero-order valence-corrected chi connectivity index (χ0v) is 11.1. The molecular formula is C15H21N3. The molecule has 1 aromatic carbocycles. The van der Waals surface area contributed by atoms with Gasteiger partial charge >= 0.3 is 0 Å². The molecule has 2 heterocycles. The van der Waals surface area contributed by atoms with Crippen molar-refractivity contribution in [2.24, 2.45) is 18.7 Å². The van der Waals surface area contributed by atoms with Gasteiger partial charge in [0.1, 0.15) is 0 Å². The Hall–Kier alpha value is -1.32. The van der Waals surface area contributed by atoms with Crippen LogP contribution < -0.4 is 5.73 Å². The van der Waals surface area contributed by atoms with Crippen molar-refractivity contribution in [2.45, 2.75) is 12.5 Å². The van der Waals surface area contributed by atoms with Crippen molar-refractivity contribution in [2.75, 3.05) is 20.1 Å². The molecular weight excluding hydrogens is 222 g/mol. The lowest BCUT2D eigenvalue weighted by molar-refractivity contribution is 0.315. The summed E-state index contributed by atoms with van der Waals surface area (Å²) in [6.45, 7) is 1.91. The number of hydrogen-bond donors (Lipinski definition) is 1. The lowest BCUT2D eigenvalue weighted by Gasteiger charge is -2.21. The Morgan fingerprint density at radius 2 is 2.11 bits per heavy atom. The molecule has 2 aromatic rings. The highest BCUT2D eigenvalue weighted by Gasteiger charge is 2.30. The molecule has 0 spiro atoms. The summed E-state index contributed by atoms with van der Waals surface area (Å²) in [5.74, 6) is 0.635. The summed E-state index contributed by atoms with van der Waals surface area (Å²) in [4.78, 5) is 2.44. The van der Waals surface area contributed by atoms with Crippen LogP contribution in [0.2, 0.25) is 0 Å². The number of fused-ring (bicyclic) bond motifs is 1. The van der Waals surface area contributed by atoms with Crippen molar-refractivity contribution in [3.63, 3.8) is 0 Å². The molecule has 1 fully saturated rings. The molecule has 1 aromatic heterocycles. The normalized spacial score (nSPS) is 25.1. The monoisotopic (exact) mass is 243 g/mol. The first-order valence-corrected chi connectivity index (χ1v) is 6.65. The molecule has 0 radical (unpaired) electrons. The first kappa shape index (κ1) is 11.8. The van der Waals surface area contributed by atoms with Gasteiger partial charge in [-0.1, -0.05) is 18.2 Å². The molecule has 1 aliphatic rings. The largest absolute Gasteiger partial charge is 0.350 e. The van der Waals surface area contributed by atoms with Gasteiger partial charge in [-0.2, -0.15) is 0 Å². The summed E-state index contributed by atoms with van der Waals surface area (Å²) in [6.07, 6.45) is 3.32. The van der Waals surface area contributed by atoms with Crippen molar-refractivity contribution < 1.29 is 0 Å². The number of aryl methyl sites for hydroxylation is 1. The van der Waals surface area contributed by atoms with Gasteiger partial charge in [0.05, 0.1) is 5.52 Å². The standard InChI is InChI=1S/C15H21N3/c1-17-7-6-12-4-3-5-13(15(12)17)14-8-11(9-16)10-18(14)2/h3-7,11,14H,8-10,16H2,1-2H3. The second kappa shape index (κ2) is 4.41. The van der Waals surface area contributed by atoms with E-state index >= 15 is 0 Å². The molecule has 3 nitrogen and oxygen atoms in total. The fourth-order valence-electron chi connectivity index (χ4n) is 3.30. The lowest BCUT2D eigenvalue weighted by Crippen LogP contribution is -2.20. The van der Waals surface area contributed by atoms with Crippen LogP contribution in [0.15, 0.2) is 30.5 Å². The van der Waals surface area contributed by atoms with Gasteiger partial charge in [-0.05, 0) is 42.9 Å². The number of nitrogens with two attached hydrogens (primary N) is 1. The van der Waals surface area contributed by atoms with Crippen LogP contribution in [0, 0.1) is 5.92 Å². The van der Waals surface area contributed by atoms with E-state index in [0.29, 0.717) is 12.0 Å². The fraction of sp³-hybridized carbons (Fsp3) is 0.467. The van der Waals surface area contributed by atoms with Gasteiger partial charge in [0.15, 0.2) is 0 Å². The van der Waals surface area contributed by atoms with Crippen molar-refractivity contribution in [3.05, 3.63) is 36.0 Å². The quantitative estimate of drug-likeness (QED) is 0.876. The summed E-state index contributed by atoms with van der Waals surface area (Å²) < 4.78 is 2.23. The minimum absolute atomic E-state index is 0.510. The van der Waals surface area contributed by atoms with Crippen molar-refractivity contribution in [3.8, 4) is 0 Å². The molecule has 1 aliphatic heterocycles. The summed E-state index contributed by atoms with van der Waals surface area (Å²) in [5, 5.41) is 1.33. The Morgan fingerprint density at radius 3 is 2.83 bits per heavy atom. The maximum absolute atomic E-state index is 5.83. The van der Waals surface area contributed by atoms with E-state index < -0.39 is 0 Å². The first-order chi connectivity index (χ1) is 8.70. The number of benzene rings is 1. The number of likely N-dealkylation sites (tertiary alicyclic amines) is 1. The Labute approximate surface area is 108 Å². The summed E-state index contributed by atoms with van der Waals surface area (Å²) in [6, 6.07) is 9.32. The second-order valence-corrected chi connectivity index (χ2v) is 5.50. The van der Waals surface area contributed by atoms with E-state index in [4.69, 9.17) is 5.73 Å². The number of hydrogen-bond acceptors (Lipinski definition) is 2. The Balaban J connectivity index is 2.06. The minimum Gasteiger partial charge on any atom is -0.350 e. The number of aromatic nitrogens is 1. The topological polar surface area (TPSA) is 34.2 Å². The third-order valence-electron chi connectivity index (χ3n) is 4.26. The molecule has 0 aliphatic carbocycles. The third kappa shape index (κ3) is 1.74. The van der Waals surface area contributed by atoms with E-state index in [1.165, 1.54) is 22.9 Å². The molecule has 2 unspecified atom stereocenters. The molecule has 96 valence electrons. The highest BCUT2D eigenvalue weighted by molar-refractivity contribution is 5.83. The summed E-state index contributed by atoms with van der Waals surface area (Å²) in [5.41, 5.74) is 8.64. The van der Waals surface area contributed by atoms with Gasteiger partial charge in [0, 0.05) is 25.8 Å². The first-order valence-electron chi connectivity index (χ1n) is 6.65. The smallest absolute Gasteiger partial charge is 0.0526 e. The molecule has 0 saturated carbocycles. The van der Waals surface area contributed by atoms with Crippen LogP contribution in [0.5, 0.6) is 0 Å². The molecule has 2 N–H and O–H groups in total. The third-order valence-corrected chi connectivity index (χ3v) is 4.26. The maximum Gasteiger partial charge on any atom is 0.0526 e. The van der Waals surface area contributed by atoms with Gasteiger partial charge in [0.2, 0.25) is 0 Å². The average molecular weight is 243 g/mol. The predicted octanol–water partition coefficient (Wildman–Crippen LogP) is 2.13. The predicted molar refractivity (Wildman–Crippen MR) is 75.5 cm³/mol. The van der Waals surface area contributed by atoms with E-state index in [1.54, 1.807) is 0 Å². The van der Waals surface area contributed by atoms with Crippen LogP contribution in [0.3, 0.4) is 0 Å². The number of nitrogens with zero attached hydrogens (tertiary/aromatic N) is 2. The second-order valence-electron chi connectivity index (χ2n) is 5.50. The van der Waals surface area contributed by atoms with Crippen LogP contribution in [-0.2, 0) is 7.05 Å². The fourth-order valence-corrected chi connectivity index (χ4v) is 3.30. The van der Waals surface area contributed by atoms with Crippen LogP contribution in [0.4, 0.5) is 0 Å². The zero-order chi connectivity index (χ0) is 12.7. The molecule has 0 bridgehead atoms. The Bertz CT molecular complexity index is 558. The van der Waals surface area contributed by atoms with Gasteiger partial charge in [-0.15, -0.1) is 0 Å². The number of para-hydroxylation sites is 1. The summed E-state index contributed by atoms with van der Waals surface area (Å²) >= 11 is 0. The van der Waals surface area contributed by atoms with Crippen LogP contribution in [0.1, 0.15) is 18.0 Å². The molecule has 2 atom stereocenters. The SMILES string of the molecule is CN1CC(CN)CC1c1cccc2ccn(C)c12. The van der Waals surface area contributed by atoms with Gasteiger partial charge in [0.25, 0.3) is 0 Å². The van der Waals surface area contributed by atoms with E-state index in [-0.39, 0.29) is 0 Å². The minimum atomic E-state index is 0.510. The van der Waals surface area contributed by atoms with E-state index in [2.05, 4.69) is 54.0 Å². The highest BCUT2D eigenvalue weighted by Crippen LogP contribution is 2.37. The van der Waals surface area contributed by atoms with Crippen LogP contribution in [0.25, 0.3) is 10.9 Å². The average Bonchev–Trinajstić information content (AvgIpc) is 2.93. The van der Waals surface area contributed by atoms with Crippen molar-refractivity contribution in [1.82, 2.24) is 9.47 Å². The molecule has 3 heteroatoms. The van der Waals surface area contributed by atoms with Gasteiger partial charge < -0.3 is 10.3 Å². The van der Waals surface area contributed by atoms with Gasteiger partial charge in [-0.25, -0.2) is 0 Å². The zero-order valence-electron chi connectivity index (χ0n) is 11.1. The maximum atomic E-state index is 5.83. The molecule has 1 saturated heterocycles. The Kier molecular flexibility index (Phi) is 2.88. The lowest BCUT2D eigenvalue weighted by atomic mass is 9.98. The highest BCUT2D eigenvalue weighted by atomic mass is 15.2. The Morgan fingerprint density at radius 1 is 1.28 bits per heavy atom. The number of rotatable bonds is 2. The van der Waals surface area contributed by atoms with Crippen molar-refractivity contribution >= 4 is 10.9 Å². The molecule has 3 rings (SSSR count). The van der Waals surface area contributed by atoms with E-state index in [1.807, 2.05) is 0 Å². The van der Waals surface area contributed by atoms with E-state index in [0.717, 1.165) is 13.1 Å². The molecule has 18 heavy (non-hydrogen) atoms. The van der Waals surface area contributed by atoms with Crippen molar-refractivity contribution in [1.29, 1.82) is 0 Å². The molecule has 0 amide bonds. The van der Waals surface area contributed by atoms with Crippen LogP contribution in [-0.4, -0.2) is 29.6 Å². The van der Waals surface area contributed by atoms with E-state index in [9.17, 15) is 0 Å².